The fraction of sp³-hybridized carbons (Fsp3) is 0.538. The molecule has 93 valence electrons. The molecular formula is C13H18NO2S. The van der Waals surface area contributed by atoms with Crippen LogP contribution in [0.4, 0.5) is 0 Å². The lowest BCUT2D eigenvalue weighted by Gasteiger charge is -2.20. The van der Waals surface area contributed by atoms with Crippen molar-refractivity contribution >= 4 is 10.0 Å². The standard InChI is InChI=1S/C13H18NO2S/c1-11-7-9-13(10-8-11)17(15,16)14-12-5-3-2-4-6-12/h7-10,12H,2-6H2,1H3. The molecule has 1 aromatic rings. The number of rotatable bonds is 3. The molecule has 1 aromatic carbocycles. The van der Waals surface area contributed by atoms with Gasteiger partial charge >= 0.3 is 0 Å². The molecule has 3 nitrogen and oxygen atoms in total. The molecule has 1 saturated carbocycles. The van der Waals surface area contributed by atoms with Gasteiger partial charge in [0.2, 0.25) is 0 Å². The highest BCUT2D eigenvalue weighted by molar-refractivity contribution is 7.89. The first kappa shape index (κ1) is 12.6. The smallest absolute Gasteiger partial charge is 0.206 e. The van der Waals surface area contributed by atoms with Crippen molar-refractivity contribution in [2.24, 2.45) is 0 Å². The number of sulfonamides is 1. The Morgan fingerprint density at radius 3 is 2.24 bits per heavy atom. The summed E-state index contributed by atoms with van der Waals surface area (Å²) in [6.45, 7) is 1.94. The van der Waals surface area contributed by atoms with E-state index in [2.05, 4.69) is 4.72 Å². The van der Waals surface area contributed by atoms with Gasteiger partial charge in [0.1, 0.15) is 0 Å². The largest absolute Gasteiger partial charge is 0.257 e. The van der Waals surface area contributed by atoms with E-state index in [1.807, 2.05) is 19.1 Å². The highest BCUT2D eigenvalue weighted by Crippen LogP contribution is 2.21. The maximum atomic E-state index is 12.0. The third kappa shape index (κ3) is 3.30. The molecule has 0 aromatic heterocycles. The van der Waals surface area contributed by atoms with E-state index in [1.165, 1.54) is 6.42 Å². The van der Waals surface area contributed by atoms with Crippen LogP contribution in [0, 0.1) is 6.92 Å². The SMILES string of the molecule is Cc1ccc(S(=O)(=O)[N]C2CCCCC2)cc1. The second-order valence-corrected chi connectivity index (χ2v) is 6.32. The van der Waals surface area contributed by atoms with Crippen LogP contribution in [0.5, 0.6) is 0 Å². The third-order valence-corrected chi connectivity index (χ3v) is 4.62. The molecule has 0 aliphatic heterocycles. The van der Waals surface area contributed by atoms with Gasteiger partial charge in [-0.2, -0.15) is 0 Å². The van der Waals surface area contributed by atoms with Crippen molar-refractivity contribution in [3.05, 3.63) is 29.8 Å². The average Bonchev–Trinajstić information content (AvgIpc) is 2.30. The van der Waals surface area contributed by atoms with Crippen LogP contribution in [-0.2, 0) is 10.0 Å². The maximum absolute atomic E-state index is 12.0. The van der Waals surface area contributed by atoms with Crippen LogP contribution < -0.4 is 4.72 Å². The van der Waals surface area contributed by atoms with E-state index in [0.717, 1.165) is 31.2 Å². The summed E-state index contributed by atoms with van der Waals surface area (Å²) < 4.78 is 28.1. The van der Waals surface area contributed by atoms with Crippen LogP contribution in [0.25, 0.3) is 0 Å². The number of hydrogen-bond donors (Lipinski definition) is 0. The van der Waals surface area contributed by atoms with E-state index >= 15 is 0 Å². The summed E-state index contributed by atoms with van der Waals surface area (Å²) in [7, 11) is -3.45. The Morgan fingerprint density at radius 2 is 1.65 bits per heavy atom. The highest BCUT2D eigenvalue weighted by atomic mass is 32.2. The summed E-state index contributed by atoms with van der Waals surface area (Å²) >= 11 is 0. The first-order valence-electron chi connectivity index (χ1n) is 6.12. The van der Waals surface area contributed by atoms with E-state index < -0.39 is 10.0 Å². The van der Waals surface area contributed by atoms with Crippen LogP contribution in [-0.4, -0.2) is 14.5 Å². The van der Waals surface area contributed by atoms with Crippen molar-refractivity contribution in [3.8, 4) is 0 Å². The minimum Gasteiger partial charge on any atom is -0.206 e. The van der Waals surface area contributed by atoms with E-state index in [0.29, 0.717) is 4.90 Å². The Bertz CT molecular complexity index is 459. The lowest BCUT2D eigenvalue weighted by atomic mass is 9.96. The molecule has 1 radical (unpaired) electrons. The van der Waals surface area contributed by atoms with Crippen LogP contribution in [0.3, 0.4) is 0 Å². The summed E-state index contributed by atoms with van der Waals surface area (Å²) in [4.78, 5) is 0.314. The van der Waals surface area contributed by atoms with Gasteiger partial charge in [-0.1, -0.05) is 37.0 Å². The van der Waals surface area contributed by atoms with Gasteiger partial charge in [-0.25, -0.2) is 8.42 Å². The lowest BCUT2D eigenvalue weighted by molar-refractivity contribution is 0.408. The number of aryl methyl sites for hydroxylation is 1. The monoisotopic (exact) mass is 252 g/mol. The zero-order valence-electron chi connectivity index (χ0n) is 10.1. The van der Waals surface area contributed by atoms with Gasteiger partial charge in [0, 0.05) is 6.04 Å². The summed E-state index contributed by atoms with van der Waals surface area (Å²) in [6, 6.07) is 6.88. The minimum atomic E-state index is -3.45. The Morgan fingerprint density at radius 1 is 1.06 bits per heavy atom. The Kier molecular flexibility index (Phi) is 3.84. The van der Waals surface area contributed by atoms with Crippen LogP contribution in [0.1, 0.15) is 37.7 Å². The molecule has 0 unspecified atom stereocenters. The van der Waals surface area contributed by atoms with Crippen molar-refractivity contribution in [1.29, 1.82) is 0 Å². The zero-order chi connectivity index (χ0) is 12.3. The van der Waals surface area contributed by atoms with E-state index in [9.17, 15) is 8.42 Å². The molecule has 0 heterocycles. The average molecular weight is 252 g/mol. The molecule has 1 aliphatic carbocycles. The van der Waals surface area contributed by atoms with E-state index in [4.69, 9.17) is 0 Å². The Labute approximate surface area is 103 Å². The molecule has 17 heavy (non-hydrogen) atoms. The fourth-order valence-corrected chi connectivity index (χ4v) is 3.36. The molecule has 4 heteroatoms. The molecule has 0 bridgehead atoms. The fourth-order valence-electron chi connectivity index (χ4n) is 2.15. The summed E-state index contributed by atoms with van der Waals surface area (Å²) in [5, 5.41) is 0. The Hall–Kier alpha value is -0.870. The molecule has 0 spiro atoms. The van der Waals surface area contributed by atoms with Gasteiger partial charge < -0.3 is 0 Å². The van der Waals surface area contributed by atoms with Crippen molar-refractivity contribution < 1.29 is 8.42 Å². The van der Waals surface area contributed by atoms with Gasteiger partial charge in [0.05, 0.1) is 4.90 Å². The van der Waals surface area contributed by atoms with Gasteiger partial charge in [-0.3, -0.25) is 0 Å². The van der Waals surface area contributed by atoms with Crippen molar-refractivity contribution in [1.82, 2.24) is 4.72 Å². The molecule has 2 rings (SSSR count). The number of hydrogen-bond acceptors (Lipinski definition) is 2. The molecule has 0 atom stereocenters. The Balaban J connectivity index is 2.10. The van der Waals surface area contributed by atoms with Crippen LogP contribution >= 0.6 is 0 Å². The van der Waals surface area contributed by atoms with Gasteiger partial charge in [0.15, 0.2) is 0 Å². The molecular weight excluding hydrogens is 234 g/mol. The number of benzene rings is 1. The second-order valence-electron chi connectivity index (χ2n) is 4.69. The first-order chi connectivity index (χ1) is 8.08. The quantitative estimate of drug-likeness (QED) is 0.830. The molecule has 0 N–H and O–H groups in total. The molecule has 1 fully saturated rings. The van der Waals surface area contributed by atoms with Crippen LogP contribution in [0.15, 0.2) is 29.2 Å². The van der Waals surface area contributed by atoms with Gasteiger partial charge in [-0.05, 0) is 31.9 Å². The lowest BCUT2D eigenvalue weighted by Crippen LogP contribution is -2.29. The van der Waals surface area contributed by atoms with Gasteiger partial charge in [-0.15, -0.1) is 4.72 Å². The summed E-state index contributed by atoms with van der Waals surface area (Å²) in [6.07, 6.45) is 5.21. The molecule has 1 aliphatic rings. The van der Waals surface area contributed by atoms with Gasteiger partial charge in [0.25, 0.3) is 10.0 Å². The topological polar surface area (TPSA) is 48.2 Å². The second kappa shape index (κ2) is 5.19. The third-order valence-electron chi connectivity index (χ3n) is 3.18. The maximum Gasteiger partial charge on any atom is 0.257 e. The van der Waals surface area contributed by atoms with Crippen molar-refractivity contribution in [3.63, 3.8) is 0 Å². The van der Waals surface area contributed by atoms with Crippen LogP contribution in [0.2, 0.25) is 0 Å². The molecule has 0 saturated heterocycles. The number of nitrogens with zero attached hydrogens (tertiary/aromatic N) is 1. The zero-order valence-corrected chi connectivity index (χ0v) is 10.9. The van der Waals surface area contributed by atoms with Crippen molar-refractivity contribution in [2.45, 2.75) is 50.0 Å². The minimum absolute atomic E-state index is 0.00458. The van der Waals surface area contributed by atoms with Crippen molar-refractivity contribution in [2.75, 3.05) is 0 Å². The van der Waals surface area contributed by atoms with E-state index in [1.54, 1.807) is 12.1 Å². The normalized spacial score (nSPS) is 18.2. The molecule has 0 amide bonds. The van der Waals surface area contributed by atoms with E-state index in [-0.39, 0.29) is 6.04 Å². The first-order valence-corrected chi connectivity index (χ1v) is 7.56. The predicted octanol–water partition coefficient (Wildman–Crippen LogP) is 2.62. The summed E-state index contributed by atoms with van der Waals surface area (Å²) in [5.74, 6) is 0. The highest BCUT2D eigenvalue weighted by Gasteiger charge is 2.23. The summed E-state index contributed by atoms with van der Waals surface area (Å²) in [5.41, 5.74) is 1.06. The predicted molar refractivity (Wildman–Crippen MR) is 67.4 cm³/mol.